The first-order valence-electron chi connectivity index (χ1n) is 4.57. The number of quaternary nitrogens is 1. The standard InChI is InChI=1S/C10H20N2O.H4Si/c1-9(2)10(13)11-7-6-8-12(3,4)5;/h1,6-8H2,2-5H3;1H4/p+1. The molecule has 3 nitrogen and oxygen atoms in total. The fourth-order valence-electron chi connectivity index (χ4n) is 0.906. The maximum Gasteiger partial charge on any atom is 0.246 e. The van der Waals surface area contributed by atoms with Crippen LogP contribution in [0.1, 0.15) is 13.3 Å². The minimum absolute atomic E-state index is 0. The number of nitrogens with zero attached hydrogens (tertiary/aromatic N) is 1. The van der Waals surface area contributed by atoms with Gasteiger partial charge >= 0.3 is 0 Å². The molecule has 1 amide bonds. The molecule has 0 aliphatic heterocycles. The molecule has 0 spiro atoms. The molecule has 0 rings (SSSR count). The largest absolute Gasteiger partial charge is 0.352 e. The van der Waals surface area contributed by atoms with Crippen molar-refractivity contribution in [3.63, 3.8) is 0 Å². The molecule has 84 valence electrons. The van der Waals surface area contributed by atoms with E-state index in [1.165, 1.54) is 0 Å². The van der Waals surface area contributed by atoms with E-state index < -0.39 is 0 Å². The quantitative estimate of drug-likeness (QED) is 0.281. The predicted molar refractivity (Wildman–Crippen MR) is 66.7 cm³/mol. The molecule has 0 aromatic carbocycles. The van der Waals surface area contributed by atoms with E-state index in [2.05, 4.69) is 33.0 Å². The zero-order chi connectivity index (χ0) is 10.5. The Balaban J connectivity index is 0. The molecular weight excluding hydrogens is 192 g/mol. The third-order valence-electron chi connectivity index (χ3n) is 1.68. The summed E-state index contributed by atoms with van der Waals surface area (Å²) >= 11 is 0. The molecule has 0 saturated heterocycles. The van der Waals surface area contributed by atoms with Gasteiger partial charge in [0.1, 0.15) is 0 Å². The van der Waals surface area contributed by atoms with E-state index in [1.807, 2.05) is 0 Å². The zero-order valence-corrected chi connectivity index (χ0v) is 9.18. The van der Waals surface area contributed by atoms with Crippen LogP contribution >= 0.6 is 0 Å². The van der Waals surface area contributed by atoms with Gasteiger partial charge in [-0.3, -0.25) is 4.79 Å². The molecule has 4 heteroatoms. The highest BCUT2D eigenvalue weighted by atomic mass is 28.1. The highest BCUT2D eigenvalue weighted by Crippen LogP contribution is 1.92. The van der Waals surface area contributed by atoms with E-state index >= 15 is 0 Å². The van der Waals surface area contributed by atoms with E-state index in [1.54, 1.807) is 6.92 Å². The first-order chi connectivity index (χ1) is 5.83. The van der Waals surface area contributed by atoms with Crippen LogP contribution < -0.4 is 5.32 Å². The van der Waals surface area contributed by atoms with Crippen molar-refractivity contribution in [3.8, 4) is 0 Å². The summed E-state index contributed by atoms with van der Waals surface area (Å²) in [6.07, 6.45) is 1.00. The van der Waals surface area contributed by atoms with Crippen molar-refractivity contribution in [1.82, 2.24) is 5.32 Å². The molecule has 0 bridgehead atoms. The lowest BCUT2D eigenvalue weighted by Crippen LogP contribution is -2.37. The van der Waals surface area contributed by atoms with Crippen LogP contribution in [-0.4, -0.2) is 55.6 Å². The van der Waals surface area contributed by atoms with E-state index in [0.717, 1.165) is 24.0 Å². The number of carbonyl (C=O) groups is 1. The molecule has 0 aliphatic carbocycles. The van der Waals surface area contributed by atoms with E-state index in [4.69, 9.17) is 0 Å². The van der Waals surface area contributed by atoms with Gasteiger partial charge in [0, 0.05) is 18.5 Å². The van der Waals surface area contributed by atoms with Crippen LogP contribution in [0.3, 0.4) is 0 Å². The van der Waals surface area contributed by atoms with Gasteiger partial charge < -0.3 is 9.80 Å². The van der Waals surface area contributed by atoms with Crippen molar-refractivity contribution in [2.75, 3.05) is 34.2 Å². The summed E-state index contributed by atoms with van der Waals surface area (Å²) in [5, 5.41) is 2.81. The molecule has 0 saturated carbocycles. The highest BCUT2D eigenvalue weighted by Gasteiger charge is 2.06. The van der Waals surface area contributed by atoms with Crippen LogP contribution in [0.15, 0.2) is 12.2 Å². The summed E-state index contributed by atoms with van der Waals surface area (Å²) < 4.78 is 0.933. The third kappa shape index (κ3) is 9.47. The second kappa shape index (κ2) is 6.78. The monoisotopic (exact) mass is 217 g/mol. The zero-order valence-electron chi connectivity index (χ0n) is 9.18. The molecule has 0 atom stereocenters. The van der Waals surface area contributed by atoms with Crippen LogP contribution in [-0.2, 0) is 4.79 Å². The first kappa shape index (κ1) is 15.8. The average Bonchev–Trinajstić information content (AvgIpc) is 1.95. The van der Waals surface area contributed by atoms with Gasteiger partial charge in [0.15, 0.2) is 0 Å². The van der Waals surface area contributed by atoms with E-state index in [9.17, 15) is 4.79 Å². The molecule has 0 aliphatic rings. The fraction of sp³-hybridized carbons (Fsp3) is 0.700. The topological polar surface area (TPSA) is 29.1 Å². The normalized spacial score (nSPS) is 10.3. The van der Waals surface area contributed by atoms with Gasteiger partial charge in [0.25, 0.3) is 0 Å². The van der Waals surface area contributed by atoms with Gasteiger partial charge in [-0.2, -0.15) is 0 Å². The van der Waals surface area contributed by atoms with Gasteiger partial charge in [-0.05, 0) is 17.9 Å². The summed E-state index contributed by atoms with van der Waals surface area (Å²) in [7, 11) is 6.42. The second-order valence-electron chi connectivity index (χ2n) is 4.40. The van der Waals surface area contributed by atoms with Crippen molar-refractivity contribution >= 4 is 16.9 Å². The number of nitrogens with one attached hydrogen (secondary N) is 1. The summed E-state index contributed by atoms with van der Waals surface area (Å²) in [6, 6.07) is 0. The molecule has 0 aromatic heterocycles. The summed E-state index contributed by atoms with van der Waals surface area (Å²) in [4.78, 5) is 11.1. The number of hydrogen-bond acceptors (Lipinski definition) is 1. The summed E-state index contributed by atoms with van der Waals surface area (Å²) in [6.45, 7) is 7.09. The number of carbonyl (C=O) groups excluding carboxylic acids is 1. The molecular formula is C10H25N2OSi+. The van der Waals surface area contributed by atoms with Crippen LogP contribution in [0.2, 0.25) is 0 Å². The Morgan fingerprint density at radius 2 is 1.86 bits per heavy atom. The van der Waals surface area contributed by atoms with Crippen LogP contribution in [0.4, 0.5) is 0 Å². The van der Waals surface area contributed by atoms with E-state index in [0.29, 0.717) is 5.57 Å². The Morgan fingerprint density at radius 1 is 1.36 bits per heavy atom. The molecule has 0 fully saturated rings. The Labute approximate surface area is 91.8 Å². The van der Waals surface area contributed by atoms with Gasteiger partial charge in [-0.25, -0.2) is 0 Å². The minimum atomic E-state index is -0.0404. The fourth-order valence-corrected chi connectivity index (χ4v) is 0.906. The van der Waals surface area contributed by atoms with E-state index in [-0.39, 0.29) is 16.9 Å². The molecule has 0 unspecified atom stereocenters. The van der Waals surface area contributed by atoms with Crippen LogP contribution in [0, 0.1) is 0 Å². The molecule has 0 aromatic rings. The van der Waals surface area contributed by atoms with Crippen molar-refractivity contribution in [2.24, 2.45) is 0 Å². The molecule has 0 heterocycles. The van der Waals surface area contributed by atoms with Gasteiger partial charge in [-0.1, -0.05) is 6.58 Å². The smallest absolute Gasteiger partial charge is 0.246 e. The SMILES string of the molecule is C=C(C)C(=O)NCCC[N+](C)(C)C.[SiH4]. The predicted octanol–water partition coefficient (Wildman–Crippen LogP) is -0.677. The van der Waals surface area contributed by atoms with Gasteiger partial charge in [0.2, 0.25) is 5.91 Å². The van der Waals surface area contributed by atoms with Gasteiger partial charge in [0.05, 0.1) is 27.7 Å². The number of hydrogen-bond donors (Lipinski definition) is 1. The Morgan fingerprint density at radius 3 is 2.21 bits per heavy atom. The molecule has 1 N–H and O–H groups in total. The van der Waals surface area contributed by atoms with Crippen LogP contribution in [0.25, 0.3) is 0 Å². The maximum absolute atomic E-state index is 11.1. The van der Waals surface area contributed by atoms with Crippen molar-refractivity contribution < 1.29 is 9.28 Å². The lowest BCUT2D eigenvalue weighted by atomic mass is 10.3. The Kier molecular flexibility index (Phi) is 7.68. The summed E-state index contributed by atoms with van der Waals surface area (Å²) in [5.74, 6) is -0.0404. The Bertz CT molecular complexity index is 197. The Hall–Kier alpha value is -0.613. The number of amides is 1. The first-order valence-corrected chi connectivity index (χ1v) is 4.57. The lowest BCUT2D eigenvalue weighted by Gasteiger charge is -2.23. The van der Waals surface area contributed by atoms with Crippen LogP contribution in [0.5, 0.6) is 0 Å². The minimum Gasteiger partial charge on any atom is -0.352 e. The van der Waals surface area contributed by atoms with Crippen molar-refractivity contribution in [2.45, 2.75) is 13.3 Å². The average molecular weight is 217 g/mol. The molecule has 14 heavy (non-hydrogen) atoms. The molecule has 0 radical (unpaired) electrons. The maximum atomic E-state index is 11.1. The summed E-state index contributed by atoms with van der Waals surface area (Å²) in [5.41, 5.74) is 0.574. The van der Waals surface area contributed by atoms with Crippen molar-refractivity contribution in [3.05, 3.63) is 12.2 Å². The second-order valence-corrected chi connectivity index (χ2v) is 4.40. The number of rotatable bonds is 5. The highest BCUT2D eigenvalue weighted by molar-refractivity contribution is 5.91. The van der Waals surface area contributed by atoms with Gasteiger partial charge in [-0.15, -0.1) is 0 Å². The lowest BCUT2D eigenvalue weighted by molar-refractivity contribution is -0.870. The van der Waals surface area contributed by atoms with Crippen molar-refractivity contribution in [1.29, 1.82) is 0 Å². The third-order valence-corrected chi connectivity index (χ3v) is 1.68.